The normalized spacial score (nSPS) is 16.4. The van der Waals surface area contributed by atoms with E-state index in [4.69, 9.17) is 14.2 Å². The van der Waals surface area contributed by atoms with E-state index in [1.165, 1.54) is 29.4 Å². The molecule has 3 aromatic carbocycles. The molecule has 9 nitrogen and oxygen atoms in total. The molecule has 1 unspecified atom stereocenters. The van der Waals surface area contributed by atoms with Crippen molar-refractivity contribution in [2.45, 2.75) is 26.3 Å². The van der Waals surface area contributed by atoms with Gasteiger partial charge < -0.3 is 24.4 Å². The van der Waals surface area contributed by atoms with Crippen LogP contribution in [0.3, 0.4) is 0 Å². The molecule has 0 radical (unpaired) electrons. The van der Waals surface area contributed by atoms with Gasteiger partial charge in [-0.25, -0.2) is 4.98 Å². The van der Waals surface area contributed by atoms with Crippen LogP contribution >= 0.6 is 27.3 Å². The van der Waals surface area contributed by atoms with Crippen LogP contribution in [0, 0.1) is 0 Å². The topological polar surface area (TPSA) is 118 Å². The first-order valence-corrected chi connectivity index (χ1v) is 14.5. The maximum atomic E-state index is 13.6. The van der Waals surface area contributed by atoms with Crippen molar-refractivity contribution < 1.29 is 34.0 Å². The molecule has 5 rings (SSSR count). The number of carbonyl (C=O) groups excluding carboxylic acids is 2. The molecule has 0 spiro atoms. The van der Waals surface area contributed by atoms with Gasteiger partial charge in [0.15, 0.2) is 16.6 Å². The minimum atomic E-state index is -1.07. The Bertz CT molecular complexity index is 1670. The Balaban J connectivity index is 1.68. The summed E-state index contributed by atoms with van der Waals surface area (Å²) in [5.41, 5.74) is 1.27. The predicted octanol–water partition coefficient (Wildman–Crippen LogP) is 6.59. The number of ether oxygens (including phenoxy) is 3. The number of rotatable bonds is 9. The van der Waals surface area contributed by atoms with Crippen LogP contribution in [0.4, 0.5) is 5.13 Å². The molecule has 1 aliphatic rings. The van der Waals surface area contributed by atoms with Crippen molar-refractivity contribution in [3.63, 3.8) is 0 Å². The number of benzene rings is 3. The van der Waals surface area contributed by atoms with Crippen LogP contribution in [0.15, 0.2) is 64.6 Å². The predicted molar refractivity (Wildman–Crippen MR) is 160 cm³/mol. The first-order valence-electron chi connectivity index (χ1n) is 12.9. The van der Waals surface area contributed by atoms with Gasteiger partial charge in [0.2, 0.25) is 0 Å². The molecule has 1 aromatic heterocycles. The van der Waals surface area contributed by atoms with Gasteiger partial charge in [0, 0.05) is 5.56 Å². The average molecular weight is 640 g/mol. The molecule has 41 heavy (non-hydrogen) atoms. The number of hydrogen-bond donors (Lipinski definition) is 2. The third-order valence-corrected chi connectivity index (χ3v) is 8.12. The molecule has 1 saturated heterocycles. The van der Waals surface area contributed by atoms with E-state index in [-0.39, 0.29) is 28.0 Å². The molecule has 212 valence electrons. The van der Waals surface area contributed by atoms with Gasteiger partial charge in [-0.1, -0.05) is 18.3 Å². The maximum absolute atomic E-state index is 13.6. The number of carbonyl (C=O) groups is 2. The van der Waals surface area contributed by atoms with Crippen LogP contribution in [0.2, 0.25) is 0 Å². The quantitative estimate of drug-likeness (QED) is 0.120. The summed E-state index contributed by atoms with van der Waals surface area (Å²) in [5.74, 6) is -0.785. The summed E-state index contributed by atoms with van der Waals surface area (Å²) in [6.45, 7) is 4.92. The van der Waals surface area contributed by atoms with E-state index in [0.29, 0.717) is 45.8 Å². The summed E-state index contributed by atoms with van der Waals surface area (Å²) in [6, 6.07) is 14.1. The second-order valence-electron chi connectivity index (χ2n) is 9.15. The number of aliphatic hydroxyl groups excluding tert-OH is 1. The van der Waals surface area contributed by atoms with E-state index < -0.39 is 17.7 Å². The fraction of sp³-hybridized carbons (Fsp3) is 0.233. The average Bonchev–Trinajstić information content (AvgIpc) is 3.51. The van der Waals surface area contributed by atoms with Crippen molar-refractivity contribution in [2.24, 2.45) is 0 Å². The van der Waals surface area contributed by atoms with Crippen molar-refractivity contribution in [3.8, 4) is 23.0 Å². The lowest BCUT2D eigenvalue weighted by Gasteiger charge is -2.24. The Hall–Kier alpha value is -4.09. The number of aliphatic hydroxyl groups is 1. The lowest BCUT2D eigenvalue weighted by Crippen LogP contribution is -2.29. The fourth-order valence-electron chi connectivity index (χ4n) is 4.59. The minimum absolute atomic E-state index is 0.119. The van der Waals surface area contributed by atoms with Gasteiger partial charge in [-0.05, 0) is 89.4 Å². The highest BCUT2D eigenvalue weighted by atomic mass is 79.9. The summed E-state index contributed by atoms with van der Waals surface area (Å²) in [7, 11) is 1.40. The van der Waals surface area contributed by atoms with Gasteiger partial charge in [0.25, 0.3) is 5.78 Å². The standard InChI is InChI=1S/C30H27BrN2O7S/c1-4-12-40-18-8-6-16(7-9-18)26(34)24-25(17-13-20(31)27(35)22(14-17)38-3)33(29(37)28(24)36)30-32-21-11-10-19(39-5-2)15-23(21)41-30/h6-11,13-15,25,34-35H,4-5,12H2,1-3H3/b26-24+. The molecule has 2 N–H and O–H groups in total. The largest absolute Gasteiger partial charge is 0.507 e. The van der Waals surface area contributed by atoms with E-state index in [1.54, 1.807) is 42.5 Å². The molecule has 4 aromatic rings. The Morgan fingerprint density at radius 3 is 2.46 bits per heavy atom. The zero-order valence-corrected chi connectivity index (χ0v) is 24.9. The lowest BCUT2D eigenvalue weighted by molar-refractivity contribution is -0.132. The Morgan fingerprint density at radius 1 is 1.05 bits per heavy atom. The number of amides is 1. The first-order chi connectivity index (χ1) is 19.8. The maximum Gasteiger partial charge on any atom is 0.301 e. The number of Topliss-reactive ketones (excluding diaryl/α,β-unsaturated/α-hetero) is 1. The van der Waals surface area contributed by atoms with E-state index in [0.717, 1.165) is 11.1 Å². The zero-order valence-electron chi connectivity index (χ0n) is 22.5. The molecule has 1 atom stereocenters. The van der Waals surface area contributed by atoms with E-state index in [9.17, 15) is 19.8 Å². The van der Waals surface area contributed by atoms with Crippen molar-refractivity contribution in [1.29, 1.82) is 0 Å². The number of aromatic nitrogens is 1. The number of halogens is 1. The molecular weight excluding hydrogens is 612 g/mol. The molecule has 0 saturated carbocycles. The summed E-state index contributed by atoms with van der Waals surface area (Å²) >= 11 is 4.56. The van der Waals surface area contributed by atoms with E-state index in [2.05, 4.69) is 20.9 Å². The van der Waals surface area contributed by atoms with Crippen molar-refractivity contribution in [1.82, 2.24) is 4.98 Å². The van der Waals surface area contributed by atoms with Crippen molar-refractivity contribution in [3.05, 3.63) is 75.8 Å². The number of fused-ring (bicyclic) bond motifs is 1. The SMILES string of the molecule is CCCOc1ccc(/C(O)=C2\C(=O)C(=O)N(c3nc4ccc(OCC)cc4s3)C2c2cc(Br)c(O)c(OC)c2)cc1. The van der Waals surface area contributed by atoms with Crippen molar-refractivity contribution >= 4 is 60.1 Å². The zero-order chi connectivity index (χ0) is 29.3. The highest BCUT2D eigenvalue weighted by Crippen LogP contribution is 2.47. The molecule has 0 bridgehead atoms. The van der Waals surface area contributed by atoms with Crippen LogP contribution in [-0.2, 0) is 9.59 Å². The van der Waals surface area contributed by atoms with E-state index >= 15 is 0 Å². The number of aromatic hydroxyl groups is 1. The summed E-state index contributed by atoms with van der Waals surface area (Å²) < 4.78 is 17.6. The summed E-state index contributed by atoms with van der Waals surface area (Å²) in [5, 5.41) is 22.2. The highest BCUT2D eigenvalue weighted by molar-refractivity contribution is 9.10. The van der Waals surface area contributed by atoms with Crippen LogP contribution in [0.5, 0.6) is 23.0 Å². The second-order valence-corrected chi connectivity index (χ2v) is 11.0. The van der Waals surface area contributed by atoms with Gasteiger partial charge in [0.1, 0.15) is 17.3 Å². The van der Waals surface area contributed by atoms with Crippen LogP contribution in [-0.4, -0.2) is 47.2 Å². The fourth-order valence-corrected chi connectivity index (χ4v) is 6.07. The molecule has 1 amide bonds. The minimum Gasteiger partial charge on any atom is -0.507 e. The van der Waals surface area contributed by atoms with Crippen LogP contribution in [0.1, 0.15) is 37.4 Å². The van der Waals surface area contributed by atoms with Gasteiger partial charge in [0.05, 0.1) is 46.6 Å². The summed E-state index contributed by atoms with van der Waals surface area (Å²) in [4.78, 5) is 33.1. The van der Waals surface area contributed by atoms with Gasteiger partial charge in [-0.15, -0.1) is 0 Å². The van der Waals surface area contributed by atoms with E-state index in [1.807, 2.05) is 19.9 Å². The number of ketones is 1. The number of hydrogen-bond acceptors (Lipinski definition) is 9. The Labute approximate surface area is 248 Å². The second kappa shape index (κ2) is 11.8. The molecule has 1 fully saturated rings. The molecule has 2 heterocycles. The molecule has 11 heteroatoms. The number of methoxy groups -OCH3 is 1. The molecule has 0 aliphatic carbocycles. The lowest BCUT2D eigenvalue weighted by atomic mass is 9.95. The number of phenolic OH excluding ortho intramolecular Hbond substituents is 1. The number of thiazole rings is 1. The Morgan fingerprint density at radius 2 is 1.78 bits per heavy atom. The number of anilines is 1. The van der Waals surface area contributed by atoms with Crippen LogP contribution in [0.25, 0.3) is 16.0 Å². The van der Waals surface area contributed by atoms with Gasteiger partial charge in [-0.2, -0.15) is 0 Å². The number of phenols is 1. The van der Waals surface area contributed by atoms with Crippen LogP contribution < -0.4 is 19.1 Å². The third kappa shape index (κ3) is 5.34. The third-order valence-electron chi connectivity index (χ3n) is 6.50. The number of nitrogens with zero attached hydrogens (tertiary/aromatic N) is 2. The first kappa shape index (κ1) is 28.4. The molecular formula is C30H27BrN2O7S. The Kier molecular flexibility index (Phi) is 8.18. The molecule has 1 aliphatic heterocycles. The summed E-state index contributed by atoms with van der Waals surface area (Å²) in [6.07, 6.45) is 0.843. The van der Waals surface area contributed by atoms with Gasteiger partial charge >= 0.3 is 5.91 Å². The monoisotopic (exact) mass is 638 g/mol. The smallest absolute Gasteiger partial charge is 0.301 e. The highest BCUT2D eigenvalue weighted by Gasteiger charge is 2.48. The van der Waals surface area contributed by atoms with Gasteiger partial charge in [-0.3, -0.25) is 14.5 Å². The van der Waals surface area contributed by atoms with Crippen molar-refractivity contribution in [2.75, 3.05) is 25.2 Å².